The number of aryl methyl sites for hydroxylation is 1. The van der Waals surface area contributed by atoms with E-state index in [0.717, 1.165) is 16.6 Å². The Kier molecular flexibility index (Phi) is 5.58. The predicted molar refractivity (Wildman–Crippen MR) is 103 cm³/mol. The molecular formula is C19H19N3O3S. The minimum absolute atomic E-state index is 0.173. The number of fused-ring (bicyclic) bond motifs is 1. The molecule has 0 saturated carbocycles. The molecule has 134 valence electrons. The molecule has 2 aromatic carbocycles. The molecule has 0 saturated heterocycles. The third-order valence-electron chi connectivity index (χ3n) is 3.61. The number of imidazole rings is 1. The molecule has 0 spiro atoms. The summed E-state index contributed by atoms with van der Waals surface area (Å²) in [4.78, 5) is 31.6. The van der Waals surface area contributed by atoms with Crippen LogP contribution in [0.1, 0.15) is 22.8 Å². The quantitative estimate of drug-likeness (QED) is 0.510. The molecular weight excluding hydrogens is 350 g/mol. The molecule has 1 amide bonds. The van der Waals surface area contributed by atoms with E-state index < -0.39 is 5.97 Å². The summed E-state index contributed by atoms with van der Waals surface area (Å²) in [5.74, 6) is -0.370. The van der Waals surface area contributed by atoms with E-state index in [2.05, 4.69) is 15.3 Å². The predicted octanol–water partition coefficient (Wildman–Crippen LogP) is 3.78. The van der Waals surface area contributed by atoms with Crippen LogP contribution in [-0.4, -0.2) is 34.2 Å². The van der Waals surface area contributed by atoms with Crippen LogP contribution in [0.15, 0.2) is 47.6 Å². The third-order valence-corrected chi connectivity index (χ3v) is 4.49. The van der Waals surface area contributed by atoms with Crippen LogP contribution in [0.25, 0.3) is 11.0 Å². The molecule has 0 radical (unpaired) electrons. The van der Waals surface area contributed by atoms with Gasteiger partial charge in [0.25, 0.3) is 0 Å². The summed E-state index contributed by atoms with van der Waals surface area (Å²) >= 11 is 1.33. The number of esters is 1. The average molecular weight is 369 g/mol. The highest BCUT2D eigenvalue weighted by molar-refractivity contribution is 7.99. The van der Waals surface area contributed by atoms with Crippen LogP contribution in [0, 0.1) is 6.92 Å². The first-order chi connectivity index (χ1) is 12.5. The molecule has 3 aromatic rings. The van der Waals surface area contributed by atoms with E-state index in [1.54, 1.807) is 31.2 Å². The summed E-state index contributed by atoms with van der Waals surface area (Å²) in [6, 6.07) is 12.7. The third kappa shape index (κ3) is 4.43. The average Bonchev–Trinajstić information content (AvgIpc) is 3.02. The van der Waals surface area contributed by atoms with Gasteiger partial charge in [-0.2, -0.15) is 0 Å². The Morgan fingerprint density at radius 2 is 2.08 bits per heavy atom. The van der Waals surface area contributed by atoms with Crippen molar-refractivity contribution in [3.8, 4) is 0 Å². The fraction of sp³-hybridized carbons (Fsp3) is 0.211. The second-order valence-corrected chi connectivity index (χ2v) is 6.66. The molecule has 0 aliphatic heterocycles. The number of nitrogens with one attached hydrogen (secondary N) is 2. The largest absolute Gasteiger partial charge is 0.462 e. The van der Waals surface area contributed by atoms with Gasteiger partial charge >= 0.3 is 5.97 Å². The Labute approximate surface area is 155 Å². The molecule has 0 unspecified atom stereocenters. The van der Waals surface area contributed by atoms with Gasteiger partial charge in [0, 0.05) is 5.69 Å². The number of hydrogen-bond acceptors (Lipinski definition) is 5. The number of benzene rings is 2. The van der Waals surface area contributed by atoms with Crippen molar-refractivity contribution in [3.05, 3.63) is 53.6 Å². The number of nitrogens with zero attached hydrogens (tertiary/aromatic N) is 1. The van der Waals surface area contributed by atoms with Crippen molar-refractivity contribution in [2.75, 3.05) is 17.7 Å². The Morgan fingerprint density at radius 3 is 2.88 bits per heavy atom. The van der Waals surface area contributed by atoms with Crippen LogP contribution >= 0.6 is 11.8 Å². The number of amides is 1. The zero-order valence-corrected chi connectivity index (χ0v) is 15.4. The van der Waals surface area contributed by atoms with Gasteiger partial charge in [-0.25, -0.2) is 9.78 Å². The molecule has 0 bridgehead atoms. The lowest BCUT2D eigenvalue weighted by molar-refractivity contribution is -0.113. The van der Waals surface area contributed by atoms with Gasteiger partial charge < -0.3 is 15.0 Å². The van der Waals surface area contributed by atoms with Gasteiger partial charge in [0.2, 0.25) is 5.91 Å². The van der Waals surface area contributed by atoms with E-state index in [9.17, 15) is 9.59 Å². The number of rotatable bonds is 6. The SMILES string of the molecule is CCOC(=O)c1cccc(NC(=O)CSc2nc3ccc(C)cc3[nH]2)c1. The van der Waals surface area contributed by atoms with E-state index in [-0.39, 0.29) is 11.7 Å². The van der Waals surface area contributed by atoms with Crippen molar-refractivity contribution in [2.24, 2.45) is 0 Å². The van der Waals surface area contributed by atoms with Crippen molar-refractivity contribution in [1.29, 1.82) is 0 Å². The number of H-pyrrole nitrogens is 1. The Bertz CT molecular complexity index is 952. The van der Waals surface area contributed by atoms with Gasteiger partial charge in [-0.1, -0.05) is 23.9 Å². The number of aromatic amines is 1. The van der Waals surface area contributed by atoms with Crippen molar-refractivity contribution in [2.45, 2.75) is 19.0 Å². The topological polar surface area (TPSA) is 84.1 Å². The van der Waals surface area contributed by atoms with Gasteiger partial charge in [0.15, 0.2) is 5.16 Å². The lowest BCUT2D eigenvalue weighted by atomic mass is 10.2. The molecule has 0 fully saturated rings. The maximum Gasteiger partial charge on any atom is 0.338 e. The smallest absolute Gasteiger partial charge is 0.338 e. The number of anilines is 1. The van der Waals surface area contributed by atoms with E-state index in [1.807, 2.05) is 25.1 Å². The highest BCUT2D eigenvalue weighted by Crippen LogP contribution is 2.21. The van der Waals surface area contributed by atoms with Crippen LogP contribution in [0.3, 0.4) is 0 Å². The first kappa shape index (κ1) is 18.0. The molecule has 2 N–H and O–H groups in total. The van der Waals surface area contributed by atoms with Crippen LogP contribution < -0.4 is 5.32 Å². The van der Waals surface area contributed by atoms with Crippen LogP contribution in [-0.2, 0) is 9.53 Å². The highest BCUT2D eigenvalue weighted by Gasteiger charge is 2.10. The van der Waals surface area contributed by atoms with Crippen LogP contribution in [0.4, 0.5) is 5.69 Å². The van der Waals surface area contributed by atoms with E-state index in [4.69, 9.17) is 4.74 Å². The summed E-state index contributed by atoms with van der Waals surface area (Å²) in [6.07, 6.45) is 0. The first-order valence-electron chi connectivity index (χ1n) is 8.21. The first-order valence-corrected chi connectivity index (χ1v) is 9.20. The maximum atomic E-state index is 12.2. The normalized spacial score (nSPS) is 10.7. The zero-order chi connectivity index (χ0) is 18.5. The van der Waals surface area contributed by atoms with Crippen molar-refractivity contribution in [1.82, 2.24) is 9.97 Å². The minimum atomic E-state index is -0.407. The molecule has 0 aliphatic rings. The standard InChI is InChI=1S/C19H19N3O3S/c1-3-25-18(24)13-5-4-6-14(10-13)20-17(23)11-26-19-21-15-8-7-12(2)9-16(15)22-19/h4-10H,3,11H2,1-2H3,(H,20,23)(H,21,22). The molecule has 7 heteroatoms. The molecule has 0 aliphatic carbocycles. The van der Waals surface area contributed by atoms with Crippen molar-refractivity contribution < 1.29 is 14.3 Å². The molecule has 0 atom stereocenters. The Hall–Kier alpha value is -2.80. The second kappa shape index (κ2) is 8.05. The number of carbonyl (C=O) groups is 2. The number of hydrogen-bond donors (Lipinski definition) is 2. The fourth-order valence-electron chi connectivity index (χ4n) is 2.44. The van der Waals surface area contributed by atoms with Crippen molar-refractivity contribution in [3.63, 3.8) is 0 Å². The van der Waals surface area contributed by atoms with Gasteiger partial charge in [-0.15, -0.1) is 0 Å². The monoisotopic (exact) mass is 369 g/mol. The zero-order valence-electron chi connectivity index (χ0n) is 14.5. The van der Waals surface area contributed by atoms with Crippen LogP contribution in [0.2, 0.25) is 0 Å². The summed E-state index contributed by atoms with van der Waals surface area (Å²) in [7, 11) is 0. The molecule has 6 nitrogen and oxygen atoms in total. The van der Waals surface area contributed by atoms with Gasteiger partial charge in [0.05, 0.1) is 29.0 Å². The van der Waals surface area contributed by atoms with E-state index in [0.29, 0.717) is 23.0 Å². The number of aromatic nitrogens is 2. The number of ether oxygens (including phenoxy) is 1. The minimum Gasteiger partial charge on any atom is -0.462 e. The van der Waals surface area contributed by atoms with Gasteiger partial charge in [-0.05, 0) is 49.7 Å². The Morgan fingerprint density at radius 1 is 1.23 bits per heavy atom. The molecule has 26 heavy (non-hydrogen) atoms. The summed E-state index contributed by atoms with van der Waals surface area (Å²) in [6.45, 7) is 4.08. The maximum absolute atomic E-state index is 12.2. The van der Waals surface area contributed by atoms with Crippen molar-refractivity contribution >= 4 is 40.4 Å². The summed E-state index contributed by atoms with van der Waals surface area (Å²) < 4.78 is 4.96. The number of carbonyl (C=O) groups excluding carboxylic acids is 2. The lowest BCUT2D eigenvalue weighted by Gasteiger charge is -2.06. The number of thioether (sulfide) groups is 1. The molecule has 1 aromatic heterocycles. The summed E-state index contributed by atoms with van der Waals surface area (Å²) in [5, 5.41) is 3.48. The van der Waals surface area contributed by atoms with Crippen LogP contribution in [0.5, 0.6) is 0 Å². The fourth-order valence-corrected chi connectivity index (χ4v) is 3.12. The Balaban J connectivity index is 1.60. The van der Waals surface area contributed by atoms with Gasteiger partial charge in [0.1, 0.15) is 0 Å². The van der Waals surface area contributed by atoms with Gasteiger partial charge in [-0.3, -0.25) is 4.79 Å². The molecule has 3 rings (SSSR count). The lowest BCUT2D eigenvalue weighted by Crippen LogP contribution is -2.14. The molecule has 1 heterocycles. The highest BCUT2D eigenvalue weighted by atomic mass is 32.2. The summed E-state index contributed by atoms with van der Waals surface area (Å²) in [5.41, 5.74) is 3.94. The second-order valence-electron chi connectivity index (χ2n) is 5.70. The van der Waals surface area contributed by atoms with E-state index in [1.165, 1.54) is 11.8 Å². The van der Waals surface area contributed by atoms with E-state index >= 15 is 0 Å².